The zero-order chi connectivity index (χ0) is 15.7. The molecule has 0 saturated carbocycles. The number of nitrogens with one attached hydrogen (secondary N) is 1. The average molecular weight is 324 g/mol. The molecule has 3 N–H and O–H groups in total. The van der Waals surface area contributed by atoms with Gasteiger partial charge in [-0.15, -0.1) is 0 Å². The van der Waals surface area contributed by atoms with Gasteiger partial charge in [0, 0.05) is 25.2 Å². The van der Waals surface area contributed by atoms with Crippen LogP contribution in [0.2, 0.25) is 5.02 Å². The monoisotopic (exact) mass is 323 g/mol. The number of nitrogens with zero attached hydrogens (tertiary/aromatic N) is 1. The lowest BCUT2D eigenvalue weighted by atomic mass is 9.87. The molecule has 6 heteroatoms. The van der Waals surface area contributed by atoms with E-state index in [1.54, 1.807) is 12.1 Å². The van der Waals surface area contributed by atoms with Crippen LogP contribution >= 0.6 is 11.6 Å². The maximum atomic E-state index is 12.6. The van der Waals surface area contributed by atoms with Crippen LogP contribution in [0, 0.1) is 5.92 Å². The Kier molecular flexibility index (Phi) is 4.45. The van der Waals surface area contributed by atoms with E-state index in [-0.39, 0.29) is 11.9 Å². The molecule has 2 aliphatic rings. The molecule has 2 saturated heterocycles. The first-order chi connectivity index (χ1) is 10.6. The number of rotatable bonds is 3. The molecule has 2 bridgehead atoms. The zero-order valence-corrected chi connectivity index (χ0v) is 13.5. The number of benzene rings is 1. The van der Waals surface area contributed by atoms with Gasteiger partial charge in [-0.05, 0) is 37.8 Å². The fourth-order valence-corrected chi connectivity index (χ4v) is 3.74. The van der Waals surface area contributed by atoms with Gasteiger partial charge in [-0.2, -0.15) is 0 Å². The van der Waals surface area contributed by atoms with Crippen LogP contribution in [0.15, 0.2) is 12.1 Å². The summed E-state index contributed by atoms with van der Waals surface area (Å²) in [5, 5.41) is 3.50. The summed E-state index contributed by atoms with van der Waals surface area (Å²) in [6, 6.07) is 3.36. The number of methoxy groups -OCH3 is 1. The molecule has 0 aliphatic carbocycles. The molecule has 3 unspecified atom stereocenters. The summed E-state index contributed by atoms with van der Waals surface area (Å²) in [6.45, 7) is 3.23. The number of amides is 1. The molecule has 2 heterocycles. The van der Waals surface area contributed by atoms with Crippen LogP contribution < -0.4 is 15.8 Å². The van der Waals surface area contributed by atoms with Crippen molar-refractivity contribution in [2.24, 2.45) is 5.92 Å². The Bertz CT molecular complexity index is 567. The van der Waals surface area contributed by atoms with Crippen molar-refractivity contribution < 1.29 is 9.53 Å². The molecule has 3 atom stereocenters. The first-order valence-corrected chi connectivity index (χ1v) is 8.11. The molecule has 3 rings (SSSR count). The third-order valence-corrected chi connectivity index (χ3v) is 4.93. The molecule has 120 valence electrons. The van der Waals surface area contributed by atoms with Gasteiger partial charge in [0.1, 0.15) is 5.75 Å². The first-order valence-electron chi connectivity index (χ1n) is 7.73. The second kappa shape index (κ2) is 6.34. The van der Waals surface area contributed by atoms with E-state index in [2.05, 4.69) is 10.2 Å². The Morgan fingerprint density at radius 1 is 1.45 bits per heavy atom. The van der Waals surface area contributed by atoms with Crippen LogP contribution in [-0.2, 0) is 0 Å². The van der Waals surface area contributed by atoms with Crippen LogP contribution in [0.3, 0.4) is 0 Å². The van der Waals surface area contributed by atoms with E-state index in [1.165, 1.54) is 26.5 Å². The number of piperidine rings is 2. The summed E-state index contributed by atoms with van der Waals surface area (Å²) in [5.74, 6) is 1.00. The number of anilines is 1. The van der Waals surface area contributed by atoms with Crippen LogP contribution in [0.1, 0.15) is 29.6 Å². The number of fused-ring (bicyclic) bond motifs is 2. The van der Waals surface area contributed by atoms with Crippen molar-refractivity contribution >= 4 is 23.2 Å². The fraction of sp³-hybridized carbons (Fsp3) is 0.562. The molecule has 22 heavy (non-hydrogen) atoms. The Hall–Kier alpha value is -1.46. The minimum absolute atomic E-state index is 0.148. The molecule has 2 fully saturated rings. The Labute approximate surface area is 135 Å². The van der Waals surface area contributed by atoms with Crippen LogP contribution in [0.4, 0.5) is 5.69 Å². The lowest BCUT2D eigenvalue weighted by Crippen LogP contribution is -2.52. The molecule has 1 amide bonds. The highest BCUT2D eigenvalue weighted by molar-refractivity contribution is 6.33. The van der Waals surface area contributed by atoms with Crippen LogP contribution in [-0.4, -0.2) is 43.6 Å². The number of ether oxygens (including phenoxy) is 1. The number of nitrogen functional groups attached to an aromatic ring is 1. The van der Waals surface area contributed by atoms with Gasteiger partial charge >= 0.3 is 0 Å². The van der Waals surface area contributed by atoms with Crippen molar-refractivity contribution in [1.82, 2.24) is 10.2 Å². The second-order valence-corrected chi connectivity index (χ2v) is 6.66. The van der Waals surface area contributed by atoms with Gasteiger partial charge in [0.2, 0.25) is 0 Å². The smallest absolute Gasteiger partial charge is 0.255 e. The van der Waals surface area contributed by atoms with E-state index in [4.69, 9.17) is 22.1 Å². The Morgan fingerprint density at radius 2 is 2.27 bits per heavy atom. The van der Waals surface area contributed by atoms with Gasteiger partial charge in [-0.25, -0.2) is 0 Å². The lowest BCUT2D eigenvalue weighted by Gasteiger charge is -2.41. The summed E-state index contributed by atoms with van der Waals surface area (Å²) in [5.41, 5.74) is 6.61. The van der Waals surface area contributed by atoms with Crippen LogP contribution in [0.5, 0.6) is 5.75 Å². The van der Waals surface area contributed by atoms with E-state index < -0.39 is 0 Å². The minimum Gasteiger partial charge on any atom is -0.496 e. The molecule has 0 spiro atoms. The van der Waals surface area contributed by atoms with Gasteiger partial charge < -0.3 is 20.7 Å². The average Bonchev–Trinajstić information content (AvgIpc) is 2.49. The largest absolute Gasteiger partial charge is 0.496 e. The predicted molar refractivity (Wildman–Crippen MR) is 87.5 cm³/mol. The van der Waals surface area contributed by atoms with E-state index in [1.807, 2.05) is 0 Å². The maximum absolute atomic E-state index is 12.6. The van der Waals surface area contributed by atoms with Gasteiger partial charge in [0.15, 0.2) is 0 Å². The van der Waals surface area contributed by atoms with Crippen molar-refractivity contribution in [3.05, 3.63) is 22.7 Å². The third kappa shape index (κ3) is 3.15. The van der Waals surface area contributed by atoms with E-state index >= 15 is 0 Å². The first kappa shape index (κ1) is 15.4. The molecular weight excluding hydrogens is 302 g/mol. The molecule has 0 aromatic heterocycles. The van der Waals surface area contributed by atoms with Crippen molar-refractivity contribution in [1.29, 1.82) is 0 Å². The molecule has 0 radical (unpaired) electrons. The van der Waals surface area contributed by atoms with Crippen molar-refractivity contribution in [2.45, 2.75) is 25.3 Å². The number of carbonyl (C=O) groups excluding carboxylic acids is 1. The summed E-state index contributed by atoms with van der Waals surface area (Å²) in [4.78, 5) is 15.0. The molecule has 2 aliphatic heterocycles. The van der Waals surface area contributed by atoms with E-state index in [0.29, 0.717) is 27.9 Å². The van der Waals surface area contributed by atoms with E-state index in [0.717, 1.165) is 19.5 Å². The highest BCUT2D eigenvalue weighted by Crippen LogP contribution is 2.30. The molecule has 1 aromatic carbocycles. The Balaban J connectivity index is 1.73. The highest BCUT2D eigenvalue weighted by Gasteiger charge is 2.31. The Morgan fingerprint density at radius 3 is 3.00 bits per heavy atom. The standard InChI is InChI=1S/C16H22ClN3O2/c1-22-15-7-14(18)13(17)6-12(15)16(21)19-11-5-10-3-2-4-20(8-10)9-11/h6-7,10-11H,2-5,8-9,18H2,1H3,(H,19,21). The third-order valence-electron chi connectivity index (χ3n) is 4.60. The van der Waals surface area contributed by atoms with Crippen molar-refractivity contribution in [3.63, 3.8) is 0 Å². The van der Waals surface area contributed by atoms with Gasteiger partial charge in [0.25, 0.3) is 5.91 Å². The molecular formula is C16H22ClN3O2. The maximum Gasteiger partial charge on any atom is 0.255 e. The number of carbonyl (C=O) groups is 1. The molecule has 5 nitrogen and oxygen atoms in total. The van der Waals surface area contributed by atoms with Gasteiger partial charge in [0.05, 0.1) is 23.4 Å². The lowest BCUT2D eigenvalue weighted by molar-refractivity contribution is 0.0775. The second-order valence-electron chi connectivity index (χ2n) is 6.25. The SMILES string of the molecule is COc1cc(N)c(Cl)cc1C(=O)NC1CC2CCCN(C2)C1. The summed E-state index contributed by atoms with van der Waals surface area (Å²) >= 11 is 6.04. The van der Waals surface area contributed by atoms with Gasteiger partial charge in [-0.1, -0.05) is 11.6 Å². The number of halogens is 1. The normalized spacial score (nSPS) is 27.3. The minimum atomic E-state index is -0.148. The summed E-state index contributed by atoms with van der Waals surface area (Å²) in [6.07, 6.45) is 3.58. The van der Waals surface area contributed by atoms with Crippen molar-refractivity contribution in [2.75, 3.05) is 32.5 Å². The van der Waals surface area contributed by atoms with Crippen LogP contribution in [0.25, 0.3) is 0 Å². The number of nitrogens with two attached hydrogens (primary N) is 1. The quantitative estimate of drug-likeness (QED) is 0.836. The summed E-state index contributed by atoms with van der Waals surface area (Å²) < 4.78 is 5.26. The molecule has 1 aromatic rings. The number of hydrogen-bond acceptors (Lipinski definition) is 4. The summed E-state index contributed by atoms with van der Waals surface area (Å²) in [7, 11) is 1.52. The van der Waals surface area contributed by atoms with Gasteiger partial charge in [-0.3, -0.25) is 4.79 Å². The van der Waals surface area contributed by atoms with E-state index in [9.17, 15) is 4.79 Å². The highest BCUT2D eigenvalue weighted by atomic mass is 35.5. The number of hydrogen-bond donors (Lipinski definition) is 2. The predicted octanol–water partition coefficient (Wildman–Crippen LogP) is 2.14. The van der Waals surface area contributed by atoms with Crippen molar-refractivity contribution in [3.8, 4) is 5.75 Å². The topological polar surface area (TPSA) is 67.6 Å². The zero-order valence-electron chi connectivity index (χ0n) is 12.8. The fourth-order valence-electron chi connectivity index (χ4n) is 3.58.